The Bertz CT molecular complexity index is 764. The maximum atomic E-state index is 13.7. The normalized spacial score (nSPS) is 11.9. The van der Waals surface area contributed by atoms with Gasteiger partial charge in [0.1, 0.15) is 16.5 Å². The highest BCUT2D eigenvalue weighted by Gasteiger charge is 2.24. The number of benzene rings is 2. The van der Waals surface area contributed by atoms with Crippen molar-refractivity contribution in [3.8, 4) is 5.75 Å². The Hall–Kier alpha value is -2.06. The van der Waals surface area contributed by atoms with E-state index >= 15 is 0 Å². The van der Waals surface area contributed by atoms with Crippen molar-refractivity contribution in [2.24, 2.45) is 0 Å². The van der Waals surface area contributed by atoms with Gasteiger partial charge in [-0.25, -0.2) is 12.8 Å². The maximum absolute atomic E-state index is 13.7. The van der Waals surface area contributed by atoms with E-state index in [2.05, 4.69) is 4.74 Å². The van der Waals surface area contributed by atoms with Crippen molar-refractivity contribution in [3.05, 3.63) is 59.9 Å². The number of hydrogen-bond donors (Lipinski definition) is 0. The summed E-state index contributed by atoms with van der Waals surface area (Å²) in [4.78, 5) is -0.417. The number of ether oxygens (including phenoxy) is 1. The Morgan fingerprint density at radius 2 is 1.70 bits per heavy atom. The second-order valence-corrected chi connectivity index (χ2v) is 6.73. The fraction of sp³-hybridized carbons (Fsp3) is 0.200. The Kier molecular flexibility index (Phi) is 5.27. The van der Waals surface area contributed by atoms with Crippen molar-refractivity contribution in [1.82, 2.24) is 4.31 Å². The van der Waals surface area contributed by atoms with E-state index in [1.165, 1.54) is 49.5 Å². The topological polar surface area (TPSA) is 46.6 Å². The van der Waals surface area contributed by atoms with Gasteiger partial charge in [-0.05, 0) is 29.8 Å². The molecule has 4 nitrogen and oxygen atoms in total. The minimum absolute atomic E-state index is 0.0247. The van der Waals surface area contributed by atoms with Crippen LogP contribution in [0.5, 0.6) is 5.75 Å². The highest BCUT2D eigenvalue weighted by molar-refractivity contribution is 7.89. The summed E-state index contributed by atoms with van der Waals surface area (Å²) in [6, 6.07) is 10.6. The van der Waals surface area contributed by atoms with Crippen molar-refractivity contribution in [3.63, 3.8) is 0 Å². The first-order valence-corrected chi connectivity index (χ1v) is 7.99. The molecule has 0 saturated heterocycles. The molecule has 0 aliphatic rings. The van der Waals surface area contributed by atoms with Gasteiger partial charge in [0.2, 0.25) is 10.0 Å². The lowest BCUT2D eigenvalue weighted by atomic mass is 10.2. The van der Waals surface area contributed by atoms with E-state index in [1.54, 1.807) is 0 Å². The molecule has 0 N–H and O–H groups in total. The minimum atomic E-state index is -3.99. The van der Waals surface area contributed by atoms with Crippen molar-refractivity contribution in [1.29, 1.82) is 0 Å². The van der Waals surface area contributed by atoms with Gasteiger partial charge in [-0.1, -0.05) is 24.3 Å². The van der Waals surface area contributed by atoms with Crippen molar-refractivity contribution >= 4 is 10.0 Å². The monoisotopic (exact) mass is 345 g/mol. The molecule has 0 heterocycles. The average molecular weight is 345 g/mol. The summed E-state index contributed by atoms with van der Waals surface area (Å²) in [7, 11) is -2.68. The summed E-state index contributed by atoms with van der Waals surface area (Å²) in [6.07, 6.45) is 0. The van der Waals surface area contributed by atoms with Crippen LogP contribution in [0, 0.1) is 5.82 Å². The number of halogens is 3. The summed E-state index contributed by atoms with van der Waals surface area (Å²) >= 11 is 0. The van der Waals surface area contributed by atoms with Crippen LogP contribution in [0.1, 0.15) is 5.56 Å². The molecule has 0 aromatic heterocycles. The van der Waals surface area contributed by atoms with E-state index in [4.69, 9.17) is 0 Å². The molecule has 2 aromatic rings. The van der Waals surface area contributed by atoms with Crippen LogP contribution in [0.4, 0.5) is 13.2 Å². The lowest BCUT2D eigenvalue weighted by Gasteiger charge is -2.18. The molecule has 8 heteroatoms. The van der Waals surface area contributed by atoms with E-state index in [9.17, 15) is 21.6 Å². The van der Waals surface area contributed by atoms with Gasteiger partial charge in [0.15, 0.2) is 0 Å². The smallest absolute Gasteiger partial charge is 0.387 e. The van der Waals surface area contributed by atoms with E-state index in [0.717, 1.165) is 10.4 Å². The van der Waals surface area contributed by atoms with Gasteiger partial charge in [0.05, 0.1) is 0 Å². The number of nitrogens with zero attached hydrogens (tertiary/aromatic N) is 1. The molecule has 23 heavy (non-hydrogen) atoms. The van der Waals surface area contributed by atoms with Crippen molar-refractivity contribution in [2.75, 3.05) is 7.05 Å². The molecule has 0 unspecified atom stereocenters. The van der Waals surface area contributed by atoms with Crippen LogP contribution in [0.25, 0.3) is 0 Å². The first-order chi connectivity index (χ1) is 10.8. The average Bonchev–Trinajstić information content (AvgIpc) is 2.49. The second-order valence-electron chi connectivity index (χ2n) is 4.71. The molecule has 0 amide bonds. The fourth-order valence-corrected chi connectivity index (χ4v) is 3.16. The van der Waals surface area contributed by atoms with E-state index in [-0.39, 0.29) is 12.3 Å². The molecule has 0 bridgehead atoms. The third kappa shape index (κ3) is 4.23. The largest absolute Gasteiger partial charge is 0.435 e. The first-order valence-electron chi connectivity index (χ1n) is 6.55. The summed E-state index contributed by atoms with van der Waals surface area (Å²) < 4.78 is 67.7. The third-order valence-electron chi connectivity index (χ3n) is 3.08. The zero-order valence-electron chi connectivity index (χ0n) is 12.1. The molecular weight excluding hydrogens is 331 g/mol. The third-order valence-corrected chi connectivity index (χ3v) is 4.92. The molecule has 0 saturated carbocycles. The second kappa shape index (κ2) is 7.01. The predicted molar refractivity (Wildman–Crippen MR) is 78.1 cm³/mol. The Morgan fingerprint density at radius 1 is 1.09 bits per heavy atom. The Labute approximate surface area is 132 Å². The molecule has 0 aliphatic heterocycles. The van der Waals surface area contributed by atoms with E-state index in [1.807, 2.05) is 0 Å². The number of sulfonamides is 1. The van der Waals surface area contributed by atoms with Crippen LogP contribution in [0.3, 0.4) is 0 Å². The van der Waals surface area contributed by atoms with Crippen LogP contribution in [-0.4, -0.2) is 26.4 Å². The van der Waals surface area contributed by atoms with Gasteiger partial charge < -0.3 is 4.74 Å². The molecule has 0 fully saturated rings. The summed E-state index contributed by atoms with van der Waals surface area (Å²) in [6.45, 7) is -2.96. The highest BCUT2D eigenvalue weighted by atomic mass is 32.2. The zero-order chi connectivity index (χ0) is 17.0. The number of alkyl halides is 2. The van der Waals surface area contributed by atoms with Crippen molar-refractivity contribution < 1.29 is 26.3 Å². The summed E-state index contributed by atoms with van der Waals surface area (Å²) in [5.41, 5.74) is 0.550. The predicted octanol–water partition coefficient (Wildman–Crippen LogP) is 3.25. The van der Waals surface area contributed by atoms with Crippen LogP contribution in [-0.2, 0) is 16.6 Å². The minimum Gasteiger partial charge on any atom is -0.435 e. The molecule has 0 aliphatic carbocycles. The highest BCUT2D eigenvalue weighted by Crippen LogP contribution is 2.21. The van der Waals surface area contributed by atoms with Gasteiger partial charge in [-0.3, -0.25) is 0 Å². The summed E-state index contributed by atoms with van der Waals surface area (Å²) in [5.74, 6) is -0.858. The molecule has 2 aromatic carbocycles. The van der Waals surface area contributed by atoms with Crippen LogP contribution in [0.2, 0.25) is 0 Å². The standard InChI is InChI=1S/C15H14F3NO3S/c1-19(23(20,21)14-5-3-2-4-13(14)16)10-11-6-8-12(9-7-11)22-15(17)18/h2-9,15H,10H2,1H3. The van der Waals surface area contributed by atoms with Crippen molar-refractivity contribution in [2.45, 2.75) is 18.1 Å². The molecule has 0 atom stereocenters. The Morgan fingerprint density at radius 3 is 2.26 bits per heavy atom. The molecule has 2 rings (SSSR count). The fourth-order valence-electron chi connectivity index (χ4n) is 1.94. The maximum Gasteiger partial charge on any atom is 0.387 e. The van der Waals surface area contributed by atoms with Gasteiger partial charge >= 0.3 is 6.61 Å². The lowest BCUT2D eigenvalue weighted by molar-refractivity contribution is -0.0498. The van der Waals surface area contributed by atoms with Gasteiger partial charge in [0.25, 0.3) is 0 Å². The van der Waals surface area contributed by atoms with Crippen LogP contribution < -0.4 is 4.74 Å². The SMILES string of the molecule is CN(Cc1ccc(OC(F)F)cc1)S(=O)(=O)c1ccccc1F. The summed E-state index contributed by atoms with van der Waals surface area (Å²) in [5, 5.41) is 0. The number of hydrogen-bond acceptors (Lipinski definition) is 3. The molecule has 0 radical (unpaired) electrons. The molecule has 124 valence electrons. The van der Waals surface area contributed by atoms with Gasteiger partial charge in [-0.15, -0.1) is 0 Å². The quantitative estimate of drug-likeness (QED) is 0.807. The zero-order valence-corrected chi connectivity index (χ0v) is 12.9. The van der Waals surface area contributed by atoms with E-state index in [0.29, 0.717) is 5.56 Å². The van der Waals surface area contributed by atoms with Gasteiger partial charge in [0, 0.05) is 13.6 Å². The van der Waals surface area contributed by atoms with E-state index < -0.39 is 27.3 Å². The Balaban J connectivity index is 2.15. The number of rotatable bonds is 6. The molecular formula is C15H14F3NO3S. The first kappa shape index (κ1) is 17.3. The van der Waals surface area contributed by atoms with Gasteiger partial charge in [-0.2, -0.15) is 13.1 Å². The molecule has 0 spiro atoms. The lowest BCUT2D eigenvalue weighted by Crippen LogP contribution is -2.27. The van der Waals surface area contributed by atoms with Crippen LogP contribution in [0.15, 0.2) is 53.4 Å². The van der Waals surface area contributed by atoms with Crippen LogP contribution >= 0.6 is 0 Å².